The summed E-state index contributed by atoms with van der Waals surface area (Å²) in [6, 6.07) is 16.4. The molecule has 0 unspecified atom stereocenters. The first-order valence-electron chi connectivity index (χ1n) is 13.6. The molecule has 3 heterocycles. The van der Waals surface area contributed by atoms with E-state index in [1.807, 2.05) is 6.20 Å². The summed E-state index contributed by atoms with van der Waals surface area (Å²) in [5.74, 6) is 1.77. The van der Waals surface area contributed by atoms with Crippen molar-refractivity contribution >= 4 is 11.3 Å². The van der Waals surface area contributed by atoms with Crippen LogP contribution in [0.25, 0.3) is 28.0 Å². The summed E-state index contributed by atoms with van der Waals surface area (Å²) in [6.07, 6.45) is 12.7. The summed E-state index contributed by atoms with van der Waals surface area (Å²) < 4.78 is 0. The van der Waals surface area contributed by atoms with Crippen molar-refractivity contribution in [2.24, 2.45) is 4.99 Å². The largest absolute Gasteiger partial charge is 0.342 e. The van der Waals surface area contributed by atoms with Crippen molar-refractivity contribution in [2.75, 3.05) is 20.6 Å². The highest BCUT2D eigenvalue weighted by molar-refractivity contribution is 6.01. The molecule has 6 rings (SSSR count). The first-order chi connectivity index (χ1) is 17.6. The van der Waals surface area contributed by atoms with Crippen molar-refractivity contribution in [3.05, 3.63) is 71.8 Å². The summed E-state index contributed by atoms with van der Waals surface area (Å²) in [4.78, 5) is 15.3. The van der Waals surface area contributed by atoms with E-state index in [0.29, 0.717) is 12.0 Å². The highest BCUT2D eigenvalue weighted by Crippen LogP contribution is 2.35. The summed E-state index contributed by atoms with van der Waals surface area (Å²) >= 11 is 0. The number of nitrogens with one attached hydrogen (secondary N) is 2. The minimum absolute atomic E-state index is 0.460. The van der Waals surface area contributed by atoms with E-state index in [1.165, 1.54) is 77.6 Å². The molecule has 1 saturated carbocycles. The van der Waals surface area contributed by atoms with E-state index >= 15 is 0 Å². The standard InChI is InChI=1S/C31H37N5/c1-36(2)20-26-16-24(25-17-29(33-18-25)28-8-5-15-32-28)13-14-27(26)21-9-11-22(12-10-21)30-19-34-31(35-30)23-6-3-4-7-23/h9-14,16,18-19,23,28,32H,3-8,15,17,20H2,1-2H3,(H,34,35)/t28-/m0/s1. The van der Waals surface area contributed by atoms with Gasteiger partial charge in [-0.1, -0.05) is 49.2 Å². The second-order valence-corrected chi connectivity index (χ2v) is 11.0. The highest BCUT2D eigenvalue weighted by Gasteiger charge is 2.24. The van der Waals surface area contributed by atoms with Crippen molar-refractivity contribution in [3.63, 3.8) is 0 Å². The lowest BCUT2D eigenvalue weighted by Gasteiger charge is -2.17. The SMILES string of the molecule is CN(C)Cc1cc(C2=CN=C([C@@H]3CCCN3)C2)ccc1-c1ccc(-c2cnc(C3CCCC3)[nH]2)cc1. The van der Waals surface area contributed by atoms with E-state index in [-0.39, 0.29) is 0 Å². The molecular weight excluding hydrogens is 442 g/mol. The van der Waals surface area contributed by atoms with Gasteiger partial charge in [-0.25, -0.2) is 4.98 Å². The third kappa shape index (κ3) is 4.82. The number of aromatic amines is 1. The van der Waals surface area contributed by atoms with E-state index in [4.69, 9.17) is 9.98 Å². The van der Waals surface area contributed by atoms with Gasteiger partial charge >= 0.3 is 0 Å². The minimum atomic E-state index is 0.460. The number of benzene rings is 2. The Kier molecular flexibility index (Phi) is 6.60. The zero-order valence-electron chi connectivity index (χ0n) is 21.6. The summed E-state index contributed by atoms with van der Waals surface area (Å²) in [5, 5.41) is 3.59. The Morgan fingerprint density at radius 1 is 0.917 bits per heavy atom. The van der Waals surface area contributed by atoms with Crippen LogP contribution in [0, 0.1) is 0 Å². The van der Waals surface area contributed by atoms with E-state index in [0.717, 1.165) is 31.0 Å². The molecule has 1 aromatic heterocycles. The van der Waals surface area contributed by atoms with Crippen molar-refractivity contribution in [1.29, 1.82) is 0 Å². The Labute approximate surface area is 214 Å². The number of H-pyrrole nitrogens is 1. The average Bonchev–Trinajstić information content (AvgIpc) is 3.70. The van der Waals surface area contributed by atoms with Gasteiger partial charge in [0, 0.05) is 36.8 Å². The van der Waals surface area contributed by atoms with Crippen LogP contribution in [0.5, 0.6) is 0 Å². The number of hydrogen-bond donors (Lipinski definition) is 2. The fourth-order valence-electron chi connectivity index (χ4n) is 6.07. The van der Waals surface area contributed by atoms with Gasteiger partial charge in [-0.2, -0.15) is 0 Å². The number of aromatic nitrogens is 2. The molecule has 3 aromatic rings. The van der Waals surface area contributed by atoms with Gasteiger partial charge < -0.3 is 15.2 Å². The predicted octanol–water partition coefficient (Wildman–Crippen LogP) is 6.40. The summed E-state index contributed by atoms with van der Waals surface area (Å²) in [5.41, 5.74) is 10.1. The van der Waals surface area contributed by atoms with Gasteiger partial charge in [-0.3, -0.25) is 4.99 Å². The zero-order valence-corrected chi connectivity index (χ0v) is 21.6. The number of rotatable bonds is 7. The van der Waals surface area contributed by atoms with Crippen LogP contribution in [0.3, 0.4) is 0 Å². The number of aliphatic imine (C=N–C) groups is 1. The van der Waals surface area contributed by atoms with Crippen LogP contribution < -0.4 is 5.32 Å². The molecule has 0 radical (unpaired) electrons. The molecular formula is C31H37N5. The van der Waals surface area contributed by atoms with Crippen molar-refractivity contribution in [1.82, 2.24) is 20.2 Å². The molecule has 186 valence electrons. The Hall–Kier alpha value is -3.02. The molecule has 2 N–H and O–H groups in total. The molecule has 3 aliphatic rings. The van der Waals surface area contributed by atoms with E-state index in [9.17, 15) is 0 Å². The topological polar surface area (TPSA) is 56.3 Å². The quantitative estimate of drug-likeness (QED) is 0.412. The van der Waals surface area contributed by atoms with Crippen molar-refractivity contribution in [2.45, 2.75) is 63.5 Å². The van der Waals surface area contributed by atoms with Crippen molar-refractivity contribution in [3.8, 4) is 22.4 Å². The van der Waals surface area contributed by atoms with Crippen LogP contribution in [0.2, 0.25) is 0 Å². The fraction of sp³-hybridized carbons (Fsp3) is 0.419. The molecule has 2 aromatic carbocycles. The van der Waals surface area contributed by atoms with Gasteiger partial charge in [0.25, 0.3) is 0 Å². The number of allylic oxidation sites excluding steroid dienone is 1. The van der Waals surface area contributed by atoms with E-state index in [1.54, 1.807) is 0 Å². The molecule has 1 saturated heterocycles. The first kappa shape index (κ1) is 23.4. The maximum atomic E-state index is 4.79. The highest BCUT2D eigenvalue weighted by atomic mass is 15.0. The number of hydrogen-bond acceptors (Lipinski definition) is 4. The molecule has 0 bridgehead atoms. The van der Waals surface area contributed by atoms with Crippen LogP contribution in [-0.2, 0) is 6.54 Å². The normalized spacial score (nSPS) is 20.4. The van der Waals surface area contributed by atoms with Gasteiger partial charge in [0.15, 0.2) is 0 Å². The van der Waals surface area contributed by atoms with Gasteiger partial charge in [0.05, 0.1) is 11.9 Å². The Bertz CT molecular complexity index is 1270. The molecule has 36 heavy (non-hydrogen) atoms. The van der Waals surface area contributed by atoms with E-state index < -0.39 is 0 Å². The van der Waals surface area contributed by atoms with Gasteiger partial charge in [-0.15, -0.1) is 0 Å². The number of nitrogens with zero attached hydrogens (tertiary/aromatic N) is 3. The Morgan fingerprint density at radius 2 is 1.69 bits per heavy atom. The third-order valence-electron chi connectivity index (χ3n) is 8.03. The van der Waals surface area contributed by atoms with Gasteiger partial charge in [0.2, 0.25) is 0 Å². The second kappa shape index (κ2) is 10.2. The molecule has 0 amide bonds. The Balaban J connectivity index is 1.22. The monoisotopic (exact) mass is 479 g/mol. The van der Waals surface area contributed by atoms with Gasteiger partial charge in [-0.05, 0) is 85.8 Å². The second-order valence-electron chi connectivity index (χ2n) is 11.0. The van der Waals surface area contributed by atoms with Gasteiger partial charge in [0.1, 0.15) is 5.82 Å². The third-order valence-corrected chi connectivity index (χ3v) is 8.03. The zero-order chi connectivity index (χ0) is 24.5. The van der Waals surface area contributed by atoms with Crippen LogP contribution >= 0.6 is 0 Å². The lowest BCUT2D eigenvalue weighted by Crippen LogP contribution is -2.29. The van der Waals surface area contributed by atoms with Crippen LogP contribution in [-0.4, -0.2) is 47.3 Å². The first-order valence-corrected chi connectivity index (χ1v) is 13.6. The molecule has 1 atom stereocenters. The Morgan fingerprint density at radius 3 is 2.44 bits per heavy atom. The van der Waals surface area contributed by atoms with Crippen LogP contribution in [0.4, 0.5) is 0 Å². The fourth-order valence-corrected chi connectivity index (χ4v) is 6.07. The smallest absolute Gasteiger partial charge is 0.109 e. The summed E-state index contributed by atoms with van der Waals surface area (Å²) in [7, 11) is 4.28. The number of imidazole rings is 1. The molecule has 0 spiro atoms. The lowest BCUT2D eigenvalue weighted by molar-refractivity contribution is 0.403. The lowest BCUT2D eigenvalue weighted by atomic mass is 9.92. The van der Waals surface area contributed by atoms with Crippen molar-refractivity contribution < 1.29 is 0 Å². The predicted molar refractivity (Wildman–Crippen MR) is 149 cm³/mol. The molecule has 2 aliphatic heterocycles. The van der Waals surface area contributed by atoms with Crippen LogP contribution in [0.15, 0.2) is 59.9 Å². The maximum Gasteiger partial charge on any atom is 0.109 e. The molecule has 5 heteroatoms. The summed E-state index contributed by atoms with van der Waals surface area (Å²) in [6.45, 7) is 2.02. The molecule has 5 nitrogen and oxygen atoms in total. The average molecular weight is 480 g/mol. The van der Waals surface area contributed by atoms with Crippen LogP contribution in [0.1, 0.15) is 67.8 Å². The molecule has 2 fully saturated rings. The van der Waals surface area contributed by atoms with E-state index in [2.05, 4.69) is 78.0 Å². The minimum Gasteiger partial charge on any atom is -0.342 e. The maximum absolute atomic E-state index is 4.79. The molecule has 1 aliphatic carbocycles.